The number of rotatable bonds is 2. The molecular formula is C17H12N2O3. The molecule has 1 unspecified atom stereocenters. The summed E-state index contributed by atoms with van der Waals surface area (Å²) in [5.41, 5.74) is 2.24. The van der Waals surface area contributed by atoms with E-state index in [0.29, 0.717) is 11.2 Å². The second-order valence-corrected chi connectivity index (χ2v) is 5.34. The molecular weight excluding hydrogens is 280 g/mol. The summed E-state index contributed by atoms with van der Waals surface area (Å²) in [6.45, 7) is 0. The number of fused-ring (bicyclic) bond motifs is 5. The molecule has 0 amide bonds. The molecule has 0 saturated heterocycles. The van der Waals surface area contributed by atoms with Crippen molar-refractivity contribution in [1.82, 2.24) is 9.55 Å². The van der Waals surface area contributed by atoms with Crippen molar-refractivity contribution in [2.24, 2.45) is 0 Å². The first-order valence-electron chi connectivity index (χ1n) is 6.99. The number of nitrogens with zero attached hydrogens (tertiary/aromatic N) is 2. The van der Waals surface area contributed by atoms with Gasteiger partial charge < -0.3 is 5.11 Å². The maximum Gasteiger partial charge on any atom is 0.304 e. The number of aliphatic carboxylic acids is 1. The summed E-state index contributed by atoms with van der Waals surface area (Å²) >= 11 is 0. The van der Waals surface area contributed by atoms with E-state index < -0.39 is 11.9 Å². The maximum atomic E-state index is 12.2. The minimum atomic E-state index is -0.907. The lowest BCUT2D eigenvalue weighted by Crippen LogP contribution is -2.17. The summed E-state index contributed by atoms with van der Waals surface area (Å²) in [7, 11) is 0. The fraction of sp³-hybridized carbons (Fsp3) is 0.118. The average Bonchev–Trinajstić information content (AvgIpc) is 2.82. The van der Waals surface area contributed by atoms with Gasteiger partial charge in [0.1, 0.15) is 5.82 Å². The molecule has 1 aromatic heterocycles. The summed E-state index contributed by atoms with van der Waals surface area (Å²) < 4.78 is 1.90. The zero-order valence-corrected chi connectivity index (χ0v) is 11.6. The lowest BCUT2D eigenvalue weighted by atomic mass is 9.97. The molecule has 4 rings (SSSR count). The molecule has 3 aromatic rings. The van der Waals surface area contributed by atoms with E-state index in [0.717, 1.165) is 16.8 Å². The third-order valence-electron chi connectivity index (χ3n) is 4.06. The third-order valence-corrected chi connectivity index (χ3v) is 4.06. The van der Waals surface area contributed by atoms with Crippen LogP contribution in [0.1, 0.15) is 23.7 Å². The van der Waals surface area contributed by atoms with Crippen LogP contribution in [0.4, 0.5) is 0 Å². The number of carboxylic acid groups (broad SMARTS) is 1. The highest BCUT2D eigenvalue weighted by Gasteiger charge is 2.32. The lowest BCUT2D eigenvalue weighted by Gasteiger charge is -2.10. The molecule has 1 atom stereocenters. The molecule has 0 spiro atoms. The zero-order chi connectivity index (χ0) is 15.3. The van der Waals surface area contributed by atoms with Gasteiger partial charge in [-0.05, 0) is 23.8 Å². The quantitative estimate of drug-likeness (QED) is 0.786. The van der Waals surface area contributed by atoms with Crippen LogP contribution in [0.2, 0.25) is 0 Å². The van der Waals surface area contributed by atoms with Gasteiger partial charge in [0.25, 0.3) is 5.56 Å². The van der Waals surface area contributed by atoms with Gasteiger partial charge in [0.2, 0.25) is 0 Å². The van der Waals surface area contributed by atoms with Gasteiger partial charge in [0.15, 0.2) is 0 Å². The smallest absolute Gasteiger partial charge is 0.304 e. The first kappa shape index (κ1) is 12.8. The topological polar surface area (TPSA) is 72.2 Å². The highest BCUT2D eigenvalue weighted by atomic mass is 16.4. The van der Waals surface area contributed by atoms with Gasteiger partial charge in [-0.1, -0.05) is 30.3 Å². The van der Waals surface area contributed by atoms with Crippen molar-refractivity contribution < 1.29 is 9.90 Å². The Morgan fingerprint density at radius 3 is 2.68 bits per heavy atom. The highest BCUT2D eigenvalue weighted by molar-refractivity contribution is 5.82. The van der Waals surface area contributed by atoms with Crippen molar-refractivity contribution >= 4 is 16.9 Å². The molecule has 22 heavy (non-hydrogen) atoms. The molecule has 0 bridgehead atoms. The Balaban J connectivity index is 2.12. The molecule has 108 valence electrons. The fourth-order valence-electron chi connectivity index (χ4n) is 3.17. The zero-order valence-electron chi connectivity index (χ0n) is 11.6. The summed E-state index contributed by atoms with van der Waals surface area (Å²) in [5, 5.41) is 9.73. The normalized spacial score (nSPS) is 15.5. The summed E-state index contributed by atoms with van der Waals surface area (Å²) in [5.74, 6) is -0.797. The van der Waals surface area contributed by atoms with Gasteiger partial charge in [0, 0.05) is 0 Å². The number of benzene rings is 2. The second kappa shape index (κ2) is 4.53. The van der Waals surface area contributed by atoms with E-state index in [4.69, 9.17) is 0 Å². The van der Waals surface area contributed by atoms with Crippen LogP contribution in [0, 0.1) is 0 Å². The number of carbonyl (C=O) groups is 1. The van der Waals surface area contributed by atoms with Crippen LogP contribution in [0.25, 0.3) is 16.6 Å². The molecule has 1 aliphatic heterocycles. The fourth-order valence-corrected chi connectivity index (χ4v) is 3.17. The van der Waals surface area contributed by atoms with E-state index in [9.17, 15) is 14.7 Å². The van der Waals surface area contributed by atoms with Gasteiger partial charge in [0.05, 0.1) is 28.9 Å². The highest BCUT2D eigenvalue weighted by Crippen LogP contribution is 2.39. The van der Waals surface area contributed by atoms with Crippen LogP contribution in [0.3, 0.4) is 0 Å². The van der Waals surface area contributed by atoms with Crippen LogP contribution >= 0.6 is 0 Å². The number of aromatic nitrogens is 2. The van der Waals surface area contributed by atoms with E-state index in [1.54, 1.807) is 12.1 Å². The Bertz CT molecular complexity index is 975. The first-order valence-corrected chi connectivity index (χ1v) is 6.99. The molecule has 2 heterocycles. The summed E-state index contributed by atoms with van der Waals surface area (Å²) in [6.07, 6.45) is -0.0816. The predicted molar refractivity (Wildman–Crippen MR) is 81.4 cm³/mol. The van der Waals surface area contributed by atoms with Crippen LogP contribution in [-0.2, 0) is 4.79 Å². The molecule has 1 aliphatic rings. The number of hydrogen-bond acceptors (Lipinski definition) is 3. The molecule has 2 aromatic carbocycles. The number of hydrogen-bond donors (Lipinski definition) is 1. The van der Waals surface area contributed by atoms with Crippen molar-refractivity contribution in [2.45, 2.75) is 12.3 Å². The van der Waals surface area contributed by atoms with Crippen LogP contribution in [0.5, 0.6) is 0 Å². The maximum absolute atomic E-state index is 12.2. The SMILES string of the molecule is O=C(O)CC1c2ccccc2-n2c1nc(=O)c1ccccc12. The predicted octanol–water partition coefficient (Wildman–Crippen LogP) is 2.31. The monoisotopic (exact) mass is 292 g/mol. The first-order chi connectivity index (χ1) is 10.7. The number of para-hydroxylation sites is 2. The standard InChI is InChI=1S/C17H12N2O3/c20-15(21)9-12-10-5-1-3-7-13(10)19-14-8-4-2-6-11(14)17(22)18-16(12)19/h1-8,12H,9H2,(H,20,21). The number of carboxylic acids is 1. The summed E-state index contributed by atoms with van der Waals surface area (Å²) in [4.78, 5) is 27.6. The van der Waals surface area contributed by atoms with Gasteiger partial charge in [-0.15, -0.1) is 0 Å². The van der Waals surface area contributed by atoms with Gasteiger partial charge in [-0.2, -0.15) is 4.98 Å². The van der Waals surface area contributed by atoms with E-state index in [-0.39, 0.29) is 12.0 Å². The van der Waals surface area contributed by atoms with Crippen LogP contribution < -0.4 is 5.56 Å². The van der Waals surface area contributed by atoms with Crippen molar-refractivity contribution in [3.8, 4) is 5.69 Å². The van der Waals surface area contributed by atoms with E-state index in [1.807, 2.05) is 41.0 Å². The van der Waals surface area contributed by atoms with Crippen LogP contribution in [0.15, 0.2) is 53.3 Å². The Morgan fingerprint density at radius 2 is 1.86 bits per heavy atom. The van der Waals surface area contributed by atoms with E-state index in [2.05, 4.69) is 4.98 Å². The third kappa shape index (κ3) is 1.69. The van der Waals surface area contributed by atoms with Gasteiger partial charge in [-0.25, -0.2) is 0 Å². The Hall–Kier alpha value is -2.95. The minimum absolute atomic E-state index is 0.0816. The molecule has 5 nitrogen and oxygen atoms in total. The van der Waals surface area contributed by atoms with Crippen molar-refractivity contribution in [1.29, 1.82) is 0 Å². The van der Waals surface area contributed by atoms with Crippen molar-refractivity contribution in [3.05, 3.63) is 70.3 Å². The van der Waals surface area contributed by atoms with Crippen molar-refractivity contribution in [3.63, 3.8) is 0 Å². The van der Waals surface area contributed by atoms with Gasteiger partial charge in [-0.3, -0.25) is 14.2 Å². The Kier molecular flexibility index (Phi) is 2.63. The molecule has 5 heteroatoms. The van der Waals surface area contributed by atoms with E-state index >= 15 is 0 Å². The largest absolute Gasteiger partial charge is 0.481 e. The lowest BCUT2D eigenvalue weighted by molar-refractivity contribution is -0.137. The second-order valence-electron chi connectivity index (χ2n) is 5.34. The molecule has 0 radical (unpaired) electrons. The van der Waals surface area contributed by atoms with E-state index in [1.165, 1.54) is 0 Å². The van der Waals surface area contributed by atoms with Gasteiger partial charge >= 0.3 is 5.97 Å². The Labute approximate surface area is 125 Å². The summed E-state index contributed by atoms with van der Waals surface area (Å²) in [6, 6.07) is 14.9. The van der Waals surface area contributed by atoms with Crippen LogP contribution in [-0.4, -0.2) is 20.6 Å². The molecule has 1 N–H and O–H groups in total. The average molecular weight is 292 g/mol. The molecule has 0 saturated carbocycles. The molecule has 0 aliphatic carbocycles. The Morgan fingerprint density at radius 1 is 1.14 bits per heavy atom. The molecule has 0 fully saturated rings. The van der Waals surface area contributed by atoms with Crippen molar-refractivity contribution in [2.75, 3.05) is 0 Å². The minimum Gasteiger partial charge on any atom is -0.481 e.